The van der Waals surface area contributed by atoms with Crippen LogP contribution in [0.25, 0.3) is 0 Å². The van der Waals surface area contributed by atoms with Crippen molar-refractivity contribution in [3.63, 3.8) is 0 Å². The van der Waals surface area contributed by atoms with E-state index in [4.69, 9.17) is 4.74 Å². The standard InChI is InChI=1S/C28H25F4NO2S/c29-25-6-1-2-7-26(25)36-17-18-8-10-19(11-9-18)27(34)33-21-12-13-22(33)16-24(15-21)35-23-5-3-4-20(14-23)28(30,31)32/h1-11,14,21-22,24H,12-13,15-17H2. The molecule has 0 saturated carbocycles. The zero-order chi connectivity index (χ0) is 25.3. The van der Waals surface area contributed by atoms with E-state index in [9.17, 15) is 22.4 Å². The lowest BCUT2D eigenvalue weighted by Crippen LogP contribution is -2.49. The van der Waals surface area contributed by atoms with E-state index in [1.54, 1.807) is 24.3 Å². The Bertz CT molecular complexity index is 1220. The van der Waals surface area contributed by atoms with E-state index in [1.165, 1.54) is 23.9 Å². The molecule has 0 N–H and O–H groups in total. The summed E-state index contributed by atoms with van der Waals surface area (Å²) in [7, 11) is 0. The third-order valence-electron chi connectivity index (χ3n) is 6.82. The lowest BCUT2D eigenvalue weighted by molar-refractivity contribution is -0.137. The number of hydrogen-bond acceptors (Lipinski definition) is 3. The highest BCUT2D eigenvalue weighted by Crippen LogP contribution is 2.39. The molecule has 0 aromatic heterocycles. The monoisotopic (exact) mass is 515 g/mol. The Morgan fingerprint density at radius 3 is 2.31 bits per heavy atom. The molecule has 2 heterocycles. The average Bonchev–Trinajstić information content (AvgIpc) is 3.13. The molecule has 2 atom stereocenters. The van der Waals surface area contributed by atoms with Crippen LogP contribution in [0.3, 0.4) is 0 Å². The van der Waals surface area contributed by atoms with E-state index >= 15 is 0 Å². The van der Waals surface area contributed by atoms with Gasteiger partial charge in [-0.1, -0.05) is 30.3 Å². The van der Waals surface area contributed by atoms with Crippen LogP contribution in [0.1, 0.15) is 47.2 Å². The molecule has 5 rings (SSSR count). The molecular formula is C28H25F4NO2S. The van der Waals surface area contributed by atoms with E-state index in [1.807, 2.05) is 29.2 Å². The molecule has 8 heteroatoms. The van der Waals surface area contributed by atoms with Gasteiger partial charge in [0.05, 0.1) is 5.56 Å². The largest absolute Gasteiger partial charge is 0.490 e. The fourth-order valence-corrected chi connectivity index (χ4v) is 6.00. The molecule has 0 spiro atoms. The first kappa shape index (κ1) is 24.7. The summed E-state index contributed by atoms with van der Waals surface area (Å²) < 4.78 is 58.8. The number of carbonyl (C=O) groups excluding carboxylic acids is 1. The van der Waals surface area contributed by atoms with E-state index in [2.05, 4.69) is 0 Å². The van der Waals surface area contributed by atoms with Gasteiger partial charge in [0.15, 0.2) is 0 Å². The number of benzene rings is 3. The number of nitrogens with zero attached hydrogens (tertiary/aromatic N) is 1. The summed E-state index contributed by atoms with van der Waals surface area (Å²) in [6.07, 6.45) is -1.74. The van der Waals surface area contributed by atoms with E-state index in [0.29, 0.717) is 29.1 Å². The minimum Gasteiger partial charge on any atom is -0.490 e. The number of alkyl halides is 3. The van der Waals surface area contributed by atoms with Crippen molar-refractivity contribution in [3.8, 4) is 5.75 Å². The highest BCUT2D eigenvalue weighted by molar-refractivity contribution is 7.98. The maximum Gasteiger partial charge on any atom is 0.416 e. The Hall–Kier alpha value is -3.00. The number of piperidine rings is 1. The number of halogens is 4. The number of hydrogen-bond donors (Lipinski definition) is 0. The molecule has 2 saturated heterocycles. The summed E-state index contributed by atoms with van der Waals surface area (Å²) in [5.74, 6) is 0.523. The van der Waals surface area contributed by atoms with Crippen LogP contribution in [0, 0.1) is 5.82 Å². The van der Waals surface area contributed by atoms with Crippen molar-refractivity contribution in [2.45, 2.75) is 60.7 Å². The molecule has 188 valence electrons. The van der Waals surface area contributed by atoms with Crippen molar-refractivity contribution in [3.05, 3.63) is 95.3 Å². The van der Waals surface area contributed by atoms with Gasteiger partial charge in [-0.3, -0.25) is 4.79 Å². The van der Waals surface area contributed by atoms with Gasteiger partial charge in [0, 0.05) is 41.1 Å². The zero-order valence-electron chi connectivity index (χ0n) is 19.4. The van der Waals surface area contributed by atoms with Gasteiger partial charge in [-0.15, -0.1) is 11.8 Å². The first-order chi connectivity index (χ1) is 17.3. The van der Waals surface area contributed by atoms with Gasteiger partial charge in [-0.2, -0.15) is 13.2 Å². The van der Waals surface area contributed by atoms with Crippen molar-refractivity contribution >= 4 is 17.7 Å². The second-order valence-electron chi connectivity index (χ2n) is 9.25. The minimum absolute atomic E-state index is 0.00309. The van der Waals surface area contributed by atoms with E-state index in [0.717, 1.165) is 30.5 Å². The third kappa shape index (κ3) is 5.38. The second kappa shape index (κ2) is 10.2. The molecule has 2 unspecified atom stereocenters. The number of thioether (sulfide) groups is 1. The topological polar surface area (TPSA) is 29.5 Å². The summed E-state index contributed by atoms with van der Waals surface area (Å²) in [6, 6.07) is 19.0. The SMILES string of the molecule is O=C(c1ccc(CSc2ccccc2F)cc1)N1C2CCC1CC(Oc1cccc(C(F)(F)F)c1)C2. The Morgan fingerprint density at radius 2 is 1.64 bits per heavy atom. The van der Waals surface area contributed by atoms with Crippen LogP contribution in [0.5, 0.6) is 5.75 Å². The predicted molar refractivity (Wildman–Crippen MR) is 130 cm³/mol. The molecule has 3 nitrogen and oxygen atoms in total. The zero-order valence-corrected chi connectivity index (χ0v) is 20.2. The molecule has 0 aliphatic carbocycles. The first-order valence-corrected chi connectivity index (χ1v) is 12.9. The number of carbonyl (C=O) groups is 1. The third-order valence-corrected chi connectivity index (χ3v) is 7.94. The van der Waals surface area contributed by atoms with Crippen LogP contribution >= 0.6 is 11.8 Å². The van der Waals surface area contributed by atoms with Gasteiger partial charge in [-0.25, -0.2) is 4.39 Å². The smallest absolute Gasteiger partial charge is 0.416 e. The van der Waals surface area contributed by atoms with Gasteiger partial charge in [0.1, 0.15) is 17.7 Å². The van der Waals surface area contributed by atoms with Gasteiger partial charge < -0.3 is 9.64 Å². The van der Waals surface area contributed by atoms with E-state index < -0.39 is 11.7 Å². The quantitative estimate of drug-likeness (QED) is 0.254. The number of rotatable bonds is 6. The van der Waals surface area contributed by atoms with Crippen LogP contribution < -0.4 is 4.74 Å². The molecule has 2 aliphatic heterocycles. The molecule has 36 heavy (non-hydrogen) atoms. The second-order valence-corrected chi connectivity index (χ2v) is 10.3. The predicted octanol–water partition coefficient (Wildman–Crippen LogP) is 7.35. The van der Waals surface area contributed by atoms with Gasteiger partial charge in [-0.05, 0) is 60.9 Å². The maximum absolute atomic E-state index is 13.8. The Balaban J connectivity index is 1.20. The first-order valence-electron chi connectivity index (χ1n) is 11.9. The molecule has 2 aliphatic rings. The van der Waals surface area contributed by atoms with Crippen molar-refractivity contribution in [2.24, 2.45) is 0 Å². The summed E-state index contributed by atoms with van der Waals surface area (Å²) in [5.41, 5.74) is 0.867. The van der Waals surface area contributed by atoms with Crippen LogP contribution in [0.2, 0.25) is 0 Å². The van der Waals surface area contributed by atoms with Crippen LogP contribution in [-0.4, -0.2) is 29.0 Å². The molecule has 1 amide bonds. The highest BCUT2D eigenvalue weighted by atomic mass is 32.2. The number of ether oxygens (including phenoxy) is 1. The minimum atomic E-state index is -4.42. The summed E-state index contributed by atoms with van der Waals surface area (Å²) >= 11 is 1.41. The van der Waals surface area contributed by atoms with Crippen LogP contribution in [0.4, 0.5) is 17.6 Å². The van der Waals surface area contributed by atoms with Crippen LogP contribution in [0.15, 0.2) is 77.7 Å². The van der Waals surface area contributed by atoms with Gasteiger partial charge in [0.2, 0.25) is 0 Å². The Kier molecular flexibility index (Phi) is 6.97. The fourth-order valence-electron chi connectivity index (χ4n) is 5.11. The van der Waals surface area contributed by atoms with E-state index in [-0.39, 0.29) is 35.7 Å². The summed E-state index contributed by atoms with van der Waals surface area (Å²) in [6.45, 7) is 0. The number of fused-ring (bicyclic) bond motifs is 2. The molecule has 2 fully saturated rings. The maximum atomic E-state index is 13.8. The van der Waals surface area contributed by atoms with Crippen LogP contribution in [-0.2, 0) is 11.9 Å². The summed E-state index contributed by atoms with van der Waals surface area (Å²) in [5, 5.41) is 0. The van der Waals surface area contributed by atoms with Crippen molar-refractivity contribution in [1.29, 1.82) is 0 Å². The Morgan fingerprint density at radius 1 is 0.944 bits per heavy atom. The molecule has 2 bridgehead atoms. The lowest BCUT2D eigenvalue weighted by atomic mass is 9.98. The normalized spacial score (nSPS) is 21.4. The van der Waals surface area contributed by atoms with Gasteiger partial charge in [0.25, 0.3) is 5.91 Å². The van der Waals surface area contributed by atoms with Gasteiger partial charge >= 0.3 is 6.18 Å². The fraction of sp³-hybridized carbons (Fsp3) is 0.321. The van der Waals surface area contributed by atoms with Crippen molar-refractivity contribution < 1.29 is 27.1 Å². The van der Waals surface area contributed by atoms with Crippen molar-refractivity contribution in [1.82, 2.24) is 4.90 Å². The molecule has 3 aromatic carbocycles. The Labute approximate surface area is 211 Å². The molecule has 3 aromatic rings. The highest BCUT2D eigenvalue weighted by Gasteiger charge is 2.44. The number of amides is 1. The average molecular weight is 516 g/mol. The van der Waals surface area contributed by atoms with Crippen molar-refractivity contribution in [2.75, 3.05) is 0 Å². The lowest BCUT2D eigenvalue weighted by Gasteiger charge is -2.39. The molecular weight excluding hydrogens is 490 g/mol. The summed E-state index contributed by atoms with van der Waals surface area (Å²) in [4.78, 5) is 15.8. The molecule has 0 radical (unpaired) electrons.